The van der Waals surface area contributed by atoms with Crippen LogP contribution in [0.4, 0.5) is 0 Å². The van der Waals surface area contributed by atoms with E-state index < -0.39 is 0 Å². The fraction of sp³-hybridized carbons (Fsp3) is 1.00. The molecule has 3 heteroatoms. The minimum Gasteiger partial charge on any atom is -0.396 e. The number of hydrogen-bond acceptors (Lipinski definition) is 3. The molecule has 2 nitrogen and oxygen atoms in total. The molecule has 0 aromatic rings. The fourth-order valence-electron chi connectivity index (χ4n) is 2.73. The summed E-state index contributed by atoms with van der Waals surface area (Å²) in [5.74, 6) is 1.45. The van der Waals surface area contributed by atoms with E-state index in [1.165, 1.54) is 64.2 Å². The summed E-state index contributed by atoms with van der Waals surface area (Å²) in [5, 5.41) is 9.74. The lowest BCUT2D eigenvalue weighted by molar-refractivity contribution is 0.250. The standard InChI is InChI=1S/C16H33NOS/c1-14(12-18)13-19-16-11-9-7-5-3-2-4-6-8-10-15(16)17/h14-16,18H,2-13,17H2,1H3. The maximum Gasteiger partial charge on any atom is 0.0464 e. The Kier molecular flexibility index (Phi) is 10.0. The van der Waals surface area contributed by atoms with E-state index in [-0.39, 0.29) is 0 Å². The average Bonchev–Trinajstić information content (AvgIpc) is 2.41. The maximum absolute atomic E-state index is 9.14. The molecule has 1 aliphatic rings. The first-order valence-corrected chi connectivity index (χ1v) is 9.27. The third kappa shape index (κ3) is 8.21. The summed E-state index contributed by atoms with van der Waals surface area (Å²) < 4.78 is 0. The maximum atomic E-state index is 9.14. The molecule has 0 aromatic carbocycles. The summed E-state index contributed by atoms with van der Waals surface area (Å²) in [6.45, 7) is 2.42. The Hall–Kier alpha value is 0.270. The van der Waals surface area contributed by atoms with Gasteiger partial charge in [-0.15, -0.1) is 0 Å². The summed E-state index contributed by atoms with van der Waals surface area (Å²) in [6.07, 6.45) is 13.5. The van der Waals surface area contributed by atoms with Gasteiger partial charge in [0.25, 0.3) is 0 Å². The number of nitrogens with two attached hydrogens (primary N) is 1. The van der Waals surface area contributed by atoms with Crippen LogP contribution in [0.25, 0.3) is 0 Å². The Labute approximate surface area is 123 Å². The molecule has 1 saturated carbocycles. The monoisotopic (exact) mass is 287 g/mol. The van der Waals surface area contributed by atoms with Crippen LogP contribution in [-0.2, 0) is 0 Å². The predicted octanol–water partition coefficient (Wildman–Crippen LogP) is 3.96. The van der Waals surface area contributed by atoms with Crippen molar-refractivity contribution in [3.63, 3.8) is 0 Å². The second-order valence-corrected chi connectivity index (χ2v) is 7.50. The van der Waals surface area contributed by atoms with Crippen LogP contribution in [0, 0.1) is 5.92 Å². The third-order valence-corrected chi connectivity index (χ3v) is 5.94. The van der Waals surface area contributed by atoms with Crippen LogP contribution in [0.3, 0.4) is 0 Å². The smallest absolute Gasteiger partial charge is 0.0464 e. The van der Waals surface area contributed by atoms with Crippen LogP contribution in [-0.4, -0.2) is 28.8 Å². The van der Waals surface area contributed by atoms with Gasteiger partial charge in [0, 0.05) is 17.9 Å². The minimum absolute atomic E-state index is 0.301. The average molecular weight is 288 g/mol. The molecule has 0 aromatic heterocycles. The quantitative estimate of drug-likeness (QED) is 0.822. The molecule has 1 rings (SSSR count). The van der Waals surface area contributed by atoms with E-state index >= 15 is 0 Å². The van der Waals surface area contributed by atoms with Crippen molar-refractivity contribution >= 4 is 11.8 Å². The largest absolute Gasteiger partial charge is 0.396 e. The number of hydrogen-bond donors (Lipinski definition) is 2. The van der Waals surface area contributed by atoms with Crippen LogP contribution in [0.15, 0.2) is 0 Å². The van der Waals surface area contributed by atoms with Gasteiger partial charge in [-0.3, -0.25) is 0 Å². The van der Waals surface area contributed by atoms with Crippen LogP contribution in [0.2, 0.25) is 0 Å². The Morgan fingerprint density at radius 3 is 2.11 bits per heavy atom. The second-order valence-electron chi connectivity index (χ2n) is 6.23. The lowest BCUT2D eigenvalue weighted by atomic mass is 9.98. The summed E-state index contributed by atoms with van der Waals surface area (Å²) in [6, 6.07) is 0.357. The number of rotatable bonds is 4. The van der Waals surface area contributed by atoms with Crippen LogP contribution < -0.4 is 5.73 Å². The van der Waals surface area contributed by atoms with E-state index in [4.69, 9.17) is 10.8 Å². The first-order chi connectivity index (χ1) is 9.24. The van der Waals surface area contributed by atoms with Crippen LogP contribution >= 0.6 is 11.8 Å². The lowest BCUT2D eigenvalue weighted by Crippen LogP contribution is -2.33. The van der Waals surface area contributed by atoms with Gasteiger partial charge in [-0.2, -0.15) is 11.8 Å². The molecule has 0 bridgehead atoms. The number of aliphatic hydroxyl groups excluding tert-OH is 1. The Balaban J connectivity index is 2.37. The zero-order valence-electron chi connectivity index (χ0n) is 12.7. The predicted molar refractivity (Wildman–Crippen MR) is 86.6 cm³/mol. The molecule has 0 radical (unpaired) electrons. The van der Waals surface area contributed by atoms with Crippen molar-refractivity contribution in [2.75, 3.05) is 12.4 Å². The van der Waals surface area contributed by atoms with Gasteiger partial charge in [0.1, 0.15) is 0 Å². The van der Waals surface area contributed by atoms with Crippen molar-refractivity contribution < 1.29 is 5.11 Å². The number of thioether (sulfide) groups is 1. The summed E-state index contributed by atoms with van der Waals surface area (Å²) in [5.41, 5.74) is 6.40. The van der Waals surface area contributed by atoms with Gasteiger partial charge >= 0.3 is 0 Å². The van der Waals surface area contributed by atoms with Gasteiger partial charge in [0.15, 0.2) is 0 Å². The summed E-state index contributed by atoms with van der Waals surface area (Å²) in [7, 11) is 0. The van der Waals surface area contributed by atoms with Crippen molar-refractivity contribution in [3.8, 4) is 0 Å². The van der Waals surface area contributed by atoms with E-state index in [0.717, 1.165) is 5.75 Å². The molecule has 0 heterocycles. The van der Waals surface area contributed by atoms with Gasteiger partial charge < -0.3 is 10.8 Å². The van der Waals surface area contributed by atoms with Crippen molar-refractivity contribution in [1.82, 2.24) is 0 Å². The van der Waals surface area contributed by atoms with Crippen molar-refractivity contribution in [2.45, 2.75) is 82.4 Å². The normalized spacial score (nSPS) is 29.2. The fourth-order valence-corrected chi connectivity index (χ4v) is 4.13. The van der Waals surface area contributed by atoms with Crippen LogP contribution in [0.5, 0.6) is 0 Å². The van der Waals surface area contributed by atoms with Gasteiger partial charge in [-0.1, -0.05) is 58.3 Å². The molecule has 114 valence electrons. The van der Waals surface area contributed by atoms with Gasteiger partial charge in [0.05, 0.1) is 0 Å². The Morgan fingerprint density at radius 1 is 1.00 bits per heavy atom. The zero-order chi connectivity index (χ0) is 13.9. The highest BCUT2D eigenvalue weighted by atomic mass is 32.2. The Bertz CT molecular complexity index is 213. The molecular formula is C16H33NOS. The lowest BCUT2D eigenvalue weighted by Gasteiger charge is -2.25. The van der Waals surface area contributed by atoms with E-state index in [0.29, 0.717) is 23.8 Å². The first kappa shape index (κ1) is 17.3. The second kappa shape index (κ2) is 11.0. The third-order valence-electron chi connectivity index (χ3n) is 4.16. The Morgan fingerprint density at radius 2 is 1.53 bits per heavy atom. The van der Waals surface area contributed by atoms with Gasteiger partial charge in [-0.25, -0.2) is 0 Å². The van der Waals surface area contributed by atoms with Gasteiger partial charge in [0.2, 0.25) is 0 Å². The van der Waals surface area contributed by atoms with Gasteiger partial charge in [-0.05, 0) is 24.5 Å². The molecule has 0 saturated heterocycles. The topological polar surface area (TPSA) is 46.2 Å². The molecule has 0 aliphatic heterocycles. The van der Waals surface area contributed by atoms with E-state index in [1.54, 1.807) is 0 Å². The number of aliphatic hydroxyl groups is 1. The van der Waals surface area contributed by atoms with E-state index in [1.807, 2.05) is 11.8 Å². The van der Waals surface area contributed by atoms with Crippen molar-refractivity contribution in [1.29, 1.82) is 0 Å². The summed E-state index contributed by atoms with van der Waals surface area (Å²) >= 11 is 2.00. The molecule has 3 N–H and O–H groups in total. The van der Waals surface area contributed by atoms with Crippen molar-refractivity contribution in [2.24, 2.45) is 11.7 Å². The van der Waals surface area contributed by atoms with E-state index in [9.17, 15) is 0 Å². The molecule has 1 fully saturated rings. The van der Waals surface area contributed by atoms with E-state index in [2.05, 4.69) is 6.92 Å². The van der Waals surface area contributed by atoms with Crippen molar-refractivity contribution in [3.05, 3.63) is 0 Å². The molecule has 3 atom stereocenters. The molecule has 3 unspecified atom stereocenters. The zero-order valence-corrected chi connectivity index (χ0v) is 13.5. The molecule has 1 aliphatic carbocycles. The summed E-state index contributed by atoms with van der Waals surface area (Å²) in [4.78, 5) is 0. The minimum atomic E-state index is 0.301. The molecular weight excluding hydrogens is 254 g/mol. The highest BCUT2D eigenvalue weighted by molar-refractivity contribution is 7.99. The molecule has 0 spiro atoms. The molecule has 0 amide bonds. The highest BCUT2D eigenvalue weighted by Crippen LogP contribution is 2.26. The van der Waals surface area contributed by atoms with Crippen LogP contribution in [0.1, 0.15) is 71.1 Å². The SMILES string of the molecule is CC(CO)CSC1CCCCCCCCCCC1N. The molecule has 19 heavy (non-hydrogen) atoms. The first-order valence-electron chi connectivity index (χ1n) is 8.22. The highest BCUT2D eigenvalue weighted by Gasteiger charge is 2.19.